The van der Waals surface area contributed by atoms with Crippen molar-refractivity contribution < 1.29 is 14.7 Å². The molecule has 1 aromatic heterocycles. The monoisotopic (exact) mass is 251 g/mol. The molecule has 1 aliphatic rings. The smallest absolute Gasteiger partial charge is 0.308 e. The lowest BCUT2D eigenvalue weighted by molar-refractivity contribution is -0.145. The summed E-state index contributed by atoms with van der Waals surface area (Å²) in [6.45, 7) is 0.983. The molecule has 1 fully saturated rings. The molecule has 1 amide bonds. The Balaban J connectivity index is 1.94. The van der Waals surface area contributed by atoms with Crippen LogP contribution in [0.25, 0.3) is 0 Å². The van der Waals surface area contributed by atoms with E-state index in [0.717, 1.165) is 12.0 Å². The van der Waals surface area contributed by atoms with Gasteiger partial charge in [-0.3, -0.25) is 14.3 Å². The lowest BCUT2D eigenvalue weighted by Crippen LogP contribution is -2.42. The Kier molecular flexibility index (Phi) is 3.64. The largest absolute Gasteiger partial charge is 0.481 e. The molecule has 0 aliphatic carbocycles. The number of likely N-dealkylation sites (tertiary alicyclic amines) is 1. The number of carbonyl (C=O) groups is 2. The van der Waals surface area contributed by atoms with Crippen LogP contribution < -0.4 is 0 Å². The number of hydrogen-bond acceptors (Lipinski definition) is 3. The molecule has 0 bridgehead atoms. The van der Waals surface area contributed by atoms with Crippen LogP contribution in [-0.4, -0.2) is 44.8 Å². The number of carbonyl (C=O) groups excluding carboxylic acids is 1. The summed E-state index contributed by atoms with van der Waals surface area (Å²) in [7, 11) is 1.80. The van der Waals surface area contributed by atoms with Crippen molar-refractivity contribution in [1.82, 2.24) is 14.7 Å². The minimum Gasteiger partial charge on any atom is -0.481 e. The third kappa shape index (κ3) is 2.88. The van der Waals surface area contributed by atoms with Gasteiger partial charge >= 0.3 is 5.97 Å². The fourth-order valence-electron chi connectivity index (χ4n) is 2.25. The third-order valence-electron chi connectivity index (χ3n) is 3.24. The van der Waals surface area contributed by atoms with Gasteiger partial charge in [-0.05, 0) is 18.4 Å². The maximum absolute atomic E-state index is 12.0. The molecular weight excluding hydrogens is 234 g/mol. The van der Waals surface area contributed by atoms with E-state index >= 15 is 0 Å². The molecular formula is C12H17N3O3. The Morgan fingerprint density at radius 3 is 2.94 bits per heavy atom. The van der Waals surface area contributed by atoms with E-state index in [1.807, 2.05) is 0 Å². The number of amides is 1. The summed E-state index contributed by atoms with van der Waals surface area (Å²) in [4.78, 5) is 24.6. The van der Waals surface area contributed by atoms with E-state index in [4.69, 9.17) is 5.11 Å². The lowest BCUT2D eigenvalue weighted by Gasteiger charge is -2.30. The lowest BCUT2D eigenvalue weighted by atomic mass is 9.98. The maximum atomic E-state index is 12.0. The highest BCUT2D eigenvalue weighted by molar-refractivity contribution is 5.80. The molecule has 1 aliphatic heterocycles. The number of rotatable bonds is 3. The molecule has 18 heavy (non-hydrogen) atoms. The molecule has 1 saturated heterocycles. The second-order valence-electron chi connectivity index (χ2n) is 4.72. The summed E-state index contributed by atoms with van der Waals surface area (Å²) in [5, 5.41) is 13.0. The van der Waals surface area contributed by atoms with Crippen molar-refractivity contribution in [2.75, 3.05) is 13.1 Å². The number of piperidine rings is 1. The average molecular weight is 251 g/mol. The third-order valence-corrected chi connectivity index (χ3v) is 3.24. The van der Waals surface area contributed by atoms with Crippen LogP contribution in [-0.2, 0) is 23.1 Å². The van der Waals surface area contributed by atoms with E-state index in [2.05, 4.69) is 5.10 Å². The minimum atomic E-state index is -0.811. The molecule has 1 N–H and O–H groups in total. The molecule has 0 saturated carbocycles. The molecule has 0 aromatic carbocycles. The van der Waals surface area contributed by atoms with E-state index in [0.29, 0.717) is 25.9 Å². The van der Waals surface area contributed by atoms with Gasteiger partial charge in [-0.2, -0.15) is 5.10 Å². The van der Waals surface area contributed by atoms with Crippen LogP contribution in [0.3, 0.4) is 0 Å². The number of hydrogen-bond donors (Lipinski definition) is 1. The summed E-state index contributed by atoms with van der Waals surface area (Å²) in [5.74, 6) is -1.25. The van der Waals surface area contributed by atoms with E-state index in [1.165, 1.54) is 0 Å². The first-order valence-corrected chi connectivity index (χ1v) is 6.04. The van der Waals surface area contributed by atoms with Gasteiger partial charge < -0.3 is 10.0 Å². The molecule has 6 heteroatoms. The Labute approximate surface area is 105 Å². The van der Waals surface area contributed by atoms with Gasteiger partial charge in [0.1, 0.15) is 0 Å². The number of aliphatic carboxylic acids is 1. The van der Waals surface area contributed by atoms with Crippen LogP contribution in [0.5, 0.6) is 0 Å². The number of aromatic nitrogens is 2. The molecule has 1 aromatic rings. The van der Waals surface area contributed by atoms with Gasteiger partial charge in [0.25, 0.3) is 0 Å². The molecule has 6 nitrogen and oxygen atoms in total. The highest BCUT2D eigenvalue weighted by atomic mass is 16.4. The van der Waals surface area contributed by atoms with Crippen LogP contribution in [0.1, 0.15) is 18.4 Å². The zero-order chi connectivity index (χ0) is 13.1. The molecule has 0 radical (unpaired) electrons. The zero-order valence-electron chi connectivity index (χ0n) is 10.4. The average Bonchev–Trinajstić information content (AvgIpc) is 2.75. The maximum Gasteiger partial charge on any atom is 0.308 e. The van der Waals surface area contributed by atoms with Gasteiger partial charge in [0.15, 0.2) is 0 Å². The topological polar surface area (TPSA) is 75.4 Å². The number of aryl methyl sites for hydroxylation is 1. The van der Waals surface area contributed by atoms with Crippen molar-refractivity contribution >= 4 is 11.9 Å². The van der Waals surface area contributed by atoms with Crippen LogP contribution in [0.15, 0.2) is 12.4 Å². The second kappa shape index (κ2) is 5.20. The molecule has 2 heterocycles. The van der Waals surface area contributed by atoms with E-state index in [-0.39, 0.29) is 5.91 Å². The predicted molar refractivity (Wildman–Crippen MR) is 63.9 cm³/mol. The van der Waals surface area contributed by atoms with Crippen LogP contribution in [0.2, 0.25) is 0 Å². The zero-order valence-corrected chi connectivity index (χ0v) is 10.4. The van der Waals surface area contributed by atoms with E-state index in [1.54, 1.807) is 29.0 Å². The summed E-state index contributed by atoms with van der Waals surface area (Å²) >= 11 is 0. The van der Waals surface area contributed by atoms with Crippen LogP contribution in [0, 0.1) is 5.92 Å². The van der Waals surface area contributed by atoms with Gasteiger partial charge in [-0.25, -0.2) is 0 Å². The molecule has 1 unspecified atom stereocenters. The van der Waals surface area contributed by atoms with E-state index < -0.39 is 11.9 Å². The molecule has 0 spiro atoms. The Hall–Kier alpha value is -1.85. The van der Waals surface area contributed by atoms with Crippen molar-refractivity contribution in [3.05, 3.63) is 18.0 Å². The van der Waals surface area contributed by atoms with Gasteiger partial charge in [0, 0.05) is 26.3 Å². The van der Waals surface area contributed by atoms with Crippen molar-refractivity contribution in [2.24, 2.45) is 13.0 Å². The van der Waals surface area contributed by atoms with Crippen LogP contribution in [0.4, 0.5) is 0 Å². The highest BCUT2D eigenvalue weighted by Gasteiger charge is 2.28. The highest BCUT2D eigenvalue weighted by Crippen LogP contribution is 2.17. The van der Waals surface area contributed by atoms with Gasteiger partial charge in [-0.15, -0.1) is 0 Å². The molecule has 98 valence electrons. The fraction of sp³-hybridized carbons (Fsp3) is 0.583. The summed E-state index contributed by atoms with van der Waals surface area (Å²) in [6, 6.07) is 0. The van der Waals surface area contributed by atoms with Gasteiger partial charge in [0.2, 0.25) is 5.91 Å². The quantitative estimate of drug-likeness (QED) is 0.837. The SMILES string of the molecule is Cn1cc(CC(=O)N2CCCC(C(=O)O)C2)cn1. The van der Waals surface area contributed by atoms with Crippen molar-refractivity contribution in [1.29, 1.82) is 0 Å². The van der Waals surface area contributed by atoms with Crippen molar-refractivity contribution in [3.8, 4) is 0 Å². The first kappa shape index (κ1) is 12.6. The number of carboxylic acid groups (broad SMARTS) is 1. The van der Waals surface area contributed by atoms with Crippen molar-refractivity contribution in [2.45, 2.75) is 19.3 Å². The molecule has 2 rings (SSSR count). The van der Waals surface area contributed by atoms with Gasteiger partial charge in [-0.1, -0.05) is 0 Å². The Morgan fingerprint density at radius 2 is 2.33 bits per heavy atom. The van der Waals surface area contributed by atoms with E-state index in [9.17, 15) is 9.59 Å². The summed E-state index contributed by atoms with van der Waals surface area (Å²) in [6.07, 6.45) is 5.18. The Morgan fingerprint density at radius 1 is 1.56 bits per heavy atom. The number of carboxylic acids is 1. The predicted octanol–water partition coefficient (Wildman–Crippen LogP) is 0.286. The van der Waals surface area contributed by atoms with Gasteiger partial charge in [0.05, 0.1) is 18.5 Å². The summed E-state index contributed by atoms with van der Waals surface area (Å²) < 4.78 is 1.65. The first-order valence-electron chi connectivity index (χ1n) is 6.04. The Bertz CT molecular complexity index is 455. The fourth-order valence-corrected chi connectivity index (χ4v) is 2.25. The second-order valence-corrected chi connectivity index (χ2v) is 4.72. The minimum absolute atomic E-state index is 0.0195. The number of nitrogens with zero attached hydrogens (tertiary/aromatic N) is 3. The normalized spacial score (nSPS) is 19.8. The summed E-state index contributed by atoms with van der Waals surface area (Å²) in [5.41, 5.74) is 0.861. The van der Waals surface area contributed by atoms with Crippen LogP contribution >= 0.6 is 0 Å². The standard InChI is InChI=1S/C12H17N3O3/c1-14-7-9(6-13-14)5-11(16)15-4-2-3-10(8-15)12(17)18/h6-7,10H,2-5,8H2,1H3,(H,17,18). The molecule has 1 atom stereocenters. The van der Waals surface area contributed by atoms with Crippen molar-refractivity contribution in [3.63, 3.8) is 0 Å². The first-order chi connectivity index (χ1) is 8.56.